The van der Waals surface area contributed by atoms with E-state index in [2.05, 4.69) is 55.4 Å². The first kappa shape index (κ1) is 12.5. The van der Waals surface area contributed by atoms with E-state index in [4.69, 9.17) is 12.2 Å². The van der Waals surface area contributed by atoms with Gasteiger partial charge < -0.3 is 0 Å². The third-order valence-corrected chi connectivity index (χ3v) is 4.15. The predicted octanol–water partition coefficient (Wildman–Crippen LogP) is 4.04. The molecule has 2 heterocycles. The molecule has 0 aromatic carbocycles. The van der Waals surface area contributed by atoms with Crippen LogP contribution in [0.25, 0.3) is 10.7 Å². The number of nitrogens with zero attached hydrogens (tertiary/aromatic N) is 2. The second-order valence-corrected chi connectivity index (χ2v) is 6.85. The molecular weight excluding hydrogens is 250 g/mol. The number of thiophene rings is 1. The molecule has 0 aliphatic heterocycles. The lowest BCUT2D eigenvalue weighted by molar-refractivity contribution is 0.396. The topological polar surface area (TPSA) is 33.6 Å². The lowest BCUT2D eigenvalue weighted by Gasteiger charge is -2.22. The van der Waals surface area contributed by atoms with Gasteiger partial charge in [-0.1, -0.05) is 0 Å². The highest BCUT2D eigenvalue weighted by molar-refractivity contribution is 7.71. The van der Waals surface area contributed by atoms with Gasteiger partial charge in [0.2, 0.25) is 0 Å². The SMILES string of the molecule is Cc1cc(-c2n[nH]c(=S)n2C(C)(C)C)sc1C. The van der Waals surface area contributed by atoms with Crippen molar-refractivity contribution in [1.29, 1.82) is 0 Å². The van der Waals surface area contributed by atoms with Crippen LogP contribution in [-0.4, -0.2) is 14.8 Å². The van der Waals surface area contributed by atoms with Gasteiger partial charge in [-0.05, 0) is 58.5 Å². The Bertz CT molecular complexity index is 577. The van der Waals surface area contributed by atoms with Gasteiger partial charge in [-0.3, -0.25) is 9.67 Å². The summed E-state index contributed by atoms with van der Waals surface area (Å²) >= 11 is 7.07. The number of aromatic nitrogens is 3. The van der Waals surface area contributed by atoms with E-state index in [-0.39, 0.29) is 5.54 Å². The van der Waals surface area contributed by atoms with Gasteiger partial charge in [0.15, 0.2) is 10.6 Å². The molecule has 0 bridgehead atoms. The molecule has 0 aliphatic carbocycles. The van der Waals surface area contributed by atoms with Gasteiger partial charge in [0, 0.05) is 10.4 Å². The molecule has 17 heavy (non-hydrogen) atoms. The molecule has 92 valence electrons. The smallest absolute Gasteiger partial charge is 0.195 e. The number of aromatic amines is 1. The van der Waals surface area contributed by atoms with E-state index in [9.17, 15) is 0 Å². The summed E-state index contributed by atoms with van der Waals surface area (Å²) in [7, 11) is 0. The Kier molecular flexibility index (Phi) is 2.99. The Balaban J connectivity index is 2.65. The van der Waals surface area contributed by atoms with Crippen LogP contribution in [-0.2, 0) is 5.54 Å². The number of nitrogens with one attached hydrogen (secondary N) is 1. The van der Waals surface area contributed by atoms with Crippen molar-refractivity contribution in [2.24, 2.45) is 0 Å². The molecule has 2 aromatic heterocycles. The highest BCUT2D eigenvalue weighted by atomic mass is 32.1. The average molecular weight is 267 g/mol. The predicted molar refractivity (Wildman–Crippen MR) is 75.2 cm³/mol. The summed E-state index contributed by atoms with van der Waals surface area (Å²) in [5.41, 5.74) is 1.24. The highest BCUT2D eigenvalue weighted by Crippen LogP contribution is 2.32. The van der Waals surface area contributed by atoms with Gasteiger partial charge >= 0.3 is 0 Å². The van der Waals surface area contributed by atoms with E-state index >= 15 is 0 Å². The zero-order valence-electron chi connectivity index (χ0n) is 10.8. The second kappa shape index (κ2) is 4.07. The summed E-state index contributed by atoms with van der Waals surface area (Å²) in [6.07, 6.45) is 0. The minimum Gasteiger partial charge on any atom is -0.294 e. The number of H-pyrrole nitrogens is 1. The number of hydrogen-bond donors (Lipinski definition) is 1. The molecule has 0 atom stereocenters. The molecule has 0 aliphatic rings. The first-order chi connectivity index (χ1) is 7.80. The van der Waals surface area contributed by atoms with Crippen LogP contribution >= 0.6 is 23.6 Å². The fourth-order valence-corrected chi connectivity index (χ4v) is 3.19. The lowest BCUT2D eigenvalue weighted by Crippen LogP contribution is -2.22. The Morgan fingerprint density at radius 3 is 2.47 bits per heavy atom. The zero-order valence-corrected chi connectivity index (χ0v) is 12.4. The van der Waals surface area contributed by atoms with E-state index < -0.39 is 0 Å². The fourth-order valence-electron chi connectivity index (χ4n) is 1.77. The quantitative estimate of drug-likeness (QED) is 0.791. The van der Waals surface area contributed by atoms with Crippen LogP contribution in [0.15, 0.2) is 6.07 Å². The normalized spacial score (nSPS) is 12.1. The number of hydrogen-bond acceptors (Lipinski definition) is 3. The summed E-state index contributed by atoms with van der Waals surface area (Å²) in [5.74, 6) is 0.934. The maximum absolute atomic E-state index is 5.31. The van der Waals surface area contributed by atoms with Crippen molar-refractivity contribution in [2.75, 3.05) is 0 Å². The number of aryl methyl sites for hydroxylation is 2. The molecule has 1 N–H and O–H groups in total. The largest absolute Gasteiger partial charge is 0.294 e. The average Bonchev–Trinajstić information content (AvgIpc) is 2.70. The molecule has 3 nitrogen and oxygen atoms in total. The second-order valence-electron chi connectivity index (χ2n) is 5.21. The van der Waals surface area contributed by atoms with Crippen LogP contribution in [0.3, 0.4) is 0 Å². The van der Waals surface area contributed by atoms with E-state index in [0.29, 0.717) is 4.77 Å². The van der Waals surface area contributed by atoms with Crippen LogP contribution in [0.5, 0.6) is 0 Å². The van der Waals surface area contributed by atoms with Crippen molar-refractivity contribution in [3.05, 3.63) is 21.3 Å². The minimum atomic E-state index is -0.0643. The van der Waals surface area contributed by atoms with Crippen molar-refractivity contribution in [3.63, 3.8) is 0 Å². The molecule has 0 unspecified atom stereocenters. The van der Waals surface area contributed by atoms with Crippen molar-refractivity contribution < 1.29 is 0 Å². The summed E-state index contributed by atoms with van der Waals surface area (Å²) in [4.78, 5) is 2.50. The summed E-state index contributed by atoms with van der Waals surface area (Å²) < 4.78 is 2.75. The van der Waals surface area contributed by atoms with Crippen molar-refractivity contribution in [3.8, 4) is 10.7 Å². The van der Waals surface area contributed by atoms with Gasteiger partial charge in [-0.2, -0.15) is 5.10 Å². The van der Waals surface area contributed by atoms with Crippen LogP contribution in [0.4, 0.5) is 0 Å². The van der Waals surface area contributed by atoms with Crippen LogP contribution in [0.2, 0.25) is 0 Å². The Hall–Kier alpha value is -0.940. The molecule has 2 aromatic rings. The van der Waals surface area contributed by atoms with Crippen LogP contribution in [0.1, 0.15) is 31.2 Å². The van der Waals surface area contributed by atoms with Crippen molar-refractivity contribution in [1.82, 2.24) is 14.8 Å². The molecule has 0 fully saturated rings. The third kappa shape index (κ3) is 2.21. The van der Waals surface area contributed by atoms with E-state index in [0.717, 1.165) is 5.82 Å². The van der Waals surface area contributed by atoms with Gasteiger partial charge in [-0.25, -0.2) is 0 Å². The molecule has 0 amide bonds. The third-order valence-electron chi connectivity index (χ3n) is 2.73. The van der Waals surface area contributed by atoms with Gasteiger partial charge in [0.1, 0.15) is 0 Å². The van der Waals surface area contributed by atoms with E-state index in [1.807, 2.05) is 0 Å². The molecule has 5 heteroatoms. The molecule has 0 radical (unpaired) electrons. The Labute approximate surface area is 111 Å². The molecule has 0 saturated heterocycles. The highest BCUT2D eigenvalue weighted by Gasteiger charge is 2.21. The van der Waals surface area contributed by atoms with Gasteiger partial charge in [0.25, 0.3) is 0 Å². The van der Waals surface area contributed by atoms with Crippen molar-refractivity contribution >= 4 is 23.6 Å². The summed E-state index contributed by atoms with van der Waals surface area (Å²) in [5, 5.41) is 7.26. The molecular formula is C12H17N3S2. The van der Waals surface area contributed by atoms with Crippen LogP contribution in [0, 0.1) is 18.6 Å². The summed E-state index contributed by atoms with van der Waals surface area (Å²) in [6.45, 7) is 10.7. The minimum absolute atomic E-state index is 0.0643. The van der Waals surface area contributed by atoms with E-state index in [1.165, 1.54) is 15.3 Å². The first-order valence-corrected chi connectivity index (χ1v) is 6.78. The summed E-state index contributed by atoms with van der Waals surface area (Å²) in [6, 6.07) is 2.17. The maximum atomic E-state index is 5.31. The zero-order chi connectivity index (χ0) is 12.8. The Morgan fingerprint density at radius 2 is 2.00 bits per heavy atom. The monoisotopic (exact) mass is 267 g/mol. The fraction of sp³-hybridized carbons (Fsp3) is 0.500. The first-order valence-electron chi connectivity index (χ1n) is 5.56. The van der Waals surface area contributed by atoms with Gasteiger partial charge in [0.05, 0.1) is 4.88 Å². The standard InChI is InChI=1S/C12H17N3S2/c1-7-6-9(17-8(7)2)10-13-14-11(16)15(10)12(3,4)5/h6H,1-5H3,(H,14,16). The molecule has 0 spiro atoms. The molecule has 0 saturated carbocycles. The maximum Gasteiger partial charge on any atom is 0.195 e. The van der Waals surface area contributed by atoms with E-state index in [1.54, 1.807) is 11.3 Å². The van der Waals surface area contributed by atoms with Crippen LogP contribution < -0.4 is 0 Å². The number of rotatable bonds is 1. The molecule has 2 rings (SSSR count). The lowest BCUT2D eigenvalue weighted by atomic mass is 10.1. The Morgan fingerprint density at radius 1 is 1.35 bits per heavy atom. The van der Waals surface area contributed by atoms with Crippen molar-refractivity contribution in [2.45, 2.75) is 40.2 Å². The van der Waals surface area contributed by atoms with Gasteiger partial charge in [-0.15, -0.1) is 11.3 Å².